The zero-order valence-electron chi connectivity index (χ0n) is 11.2. The van der Waals surface area contributed by atoms with Crippen molar-refractivity contribution in [3.8, 4) is 5.75 Å². The van der Waals surface area contributed by atoms with Gasteiger partial charge in [0.05, 0.1) is 0 Å². The molecule has 0 radical (unpaired) electrons. The van der Waals surface area contributed by atoms with Gasteiger partial charge in [-0.05, 0) is 26.0 Å². The summed E-state index contributed by atoms with van der Waals surface area (Å²) in [5.41, 5.74) is 0.254. The summed E-state index contributed by atoms with van der Waals surface area (Å²) in [5, 5.41) is 11.2. The summed E-state index contributed by atoms with van der Waals surface area (Å²) in [7, 11) is 0. The van der Waals surface area contributed by atoms with Gasteiger partial charge in [-0.3, -0.25) is 4.79 Å². The lowest BCUT2D eigenvalue weighted by atomic mass is 10.2. The molecule has 1 amide bonds. The summed E-state index contributed by atoms with van der Waals surface area (Å²) in [6.45, 7) is 3.25. The van der Waals surface area contributed by atoms with E-state index in [2.05, 4.69) is 5.32 Å². The Morgan fingerprint density at radius 1 is 1.45 bits per heavy atom. The van der Waals surface area contributed by atoms with Crippen molar-refractivity contribution in [2.75, 3.05) is 6.61 Å². The number of rotatable bonds is 6. The largest absolute Gasteiger partial charge is 0.480 e. The lowest BCUT2D eigenvalue weighted by Gasteiger charge is -2.12. The maximum absolute atomic E-state index is 13.6. The Morgan fingerprint density at radius 3 is 2.75 bits per heavy atom. The van der Waals surface area contributed by atoms with Crippen molar-refractivity contribution >= 4 is 18.0 Å². The third-order valence-corrected chi connectivity index (χ3v) is 2.20. The Balaban J connectivity index is 2.83. The predicted octanol–water partition coefficient (Wildman–Crippen LogP) is 1.83. The summed E-state index contributed by atoms with van der Waals surface area (Å²) in [6.07, 6.45) is 2.08. The highest BCUT2D eigenvalue weighted by molar-refractivity contribution is 5.86. The first kappa shape index (κ1) is 15.7. The number of nitrogens with one attached hydrogen (secondary N) is 1. The Hall–Kier alpha value is -2.37. The van der Waals surface area contributed by atoms with Crippen LogP contribution in [0.15, 0.2) is 24.3 Å². The molecule has 0 aliphatic rings. The average Bonchev–Trinajstić information content (AvgIpc) is 2.34. The first-order valence-electron chi connectivity index (χ1n) is 6.02. The van der Waals surface area contributed by atoms with E-state index in [9.17, 15) is 14.0 Å². The molecule has 1 aromatic rings. The monoisotopic (exact) mass is 281 g/mol. The van der Waals surface area contributed by atoms with E-state index in [0.717, 1.165) is 6.08 Å². The van der Waals surface area contributed by atoms with Crippen molar-refractivity contribution < 1.29 is 23.8 Å². The first-order chi connectivity index (χ1) is 9.40. The van der Waals surface area contributed by atoms with Gasteiger partial charge >= 0.3 is 5.97 Å². The molecule has 0 spiro atoms. The Kier molecular flexibility index (Phi) is 5.71. The van der Waals surface area contributed by atoms with Crippen LogP contribution in [0.4, 0.5) is 4.39 Å². The zero-order valence-corrected chi connectivity index (χ0v) is 11.2. The molecule has 0 bridgehead atoms. The SMILES string of the molecule is CC(C)NC(=O)COc1c(F)cccc1/C=C/C(=O)O. The van der Waals surface area contributed by atoms with Crippen LogP contribution in [0, 0.1) is 5.82 Å². The van der Waals surface area contributed by atoms with E-state index >= 15 is 0 Å². The fourth-order valence-electron chi connectivity index (χ4n) is 1.47. The Morgan fingerprint density at radius 2 is 2.15 bits per heavy atom. The molecule has 0 aliphatic heterocycles. The molecule has 1 aromatic carbocycles. The van der Waals surface area contributed by atoms with Crippen molar-refractivity contribution in [1.29, 1.82) is 0 Å². The number of benzene rings is 1. The molecule has 0 heterocycles. The lowest BCUT2D eigenvalue weighted by molar-refractivity contribution is -0.131. The van der Waals surface area contributed by atoms with Crippen LogP contribution in [-0.2, 0) is 9.59 Å². The normalized spacial score (nSPS) is 10.8. The second kappa shape index (κ2) is 7.28. The number of carbonyl (C=O) groups is 2. The van der Waals surface area contributed by atoms with Gasteiger partial charge in [0, 0.05) is 17.7 Å². The van der Waals surface area contributed by atoms with Crippen LogP contribution in [0.1, 0.15) is 19.4 Å². The molecule has 0 fully saturated rings. The first-order valence-corrected chi connectivity index (χ1v) is 6.02. The van der Waals surface area contributed by atoms with Crippen molar-refractivity contribution in [1.82, 2.24) is 5.32 Å². The average molecular weight is 281 g/mol. The van der Waals surface area contributed by atoms with E-state index in [1.807, 2.05) is 0 Å². The molecule has 0 aliphatic carbocycles. The zero-order chi connectivity index (χ0) is 15.1. The number of ether oxygens (including phenoxy) is 1. The van der Waals surface area contributed by atoms with E-state index in [1.165, 1.54) is 24.3 Å². The highest BCUT2D eigenvalue weighted by Gasteiger charge is 2.11. The predicted molar refractivity (Wildman–Crippen MR) is 71.8 cm³/mol. The van der Waals surface area contributed by atoms with Crippen molar-refractivity contribution in [3.63, 3.8) is 0 Å². The van der Waals surface area contributed by atoms with Crippen LogP contribution < -0.4 is 10.1 Å². The molecule has 0 saturated carbocycles. The minimum Gasteiger partial charge on any atom is -0.480 e. The summed E-state index contributed by atoms with van der Waals surface area (Å²) in [5.74, 6) is -2.34. The highest BCUT2D eigenvalue weighted by atomic mass is 19.1. The lowest BCUT2D eigenvalue weighted by Crippen LogP contribution is -2.34. The number of hydrogen-bond donors (Lipinski definition) is 2. The van der Waals surface area contributed by atoms with Gasteiger partial charge in [-0.2, -0.15) is 0 Å². The molecular weight excluding hydrogens is 265 g/mol. The quantitative estimate of drug-likeness (QED) is 0.780. The molecule has 6 heteroatoms. The molecule has 0 aromatic heterocycles. The van der Waals surface area contributed by atoms with E-state index < -0.39 is 11.8 Å². The molecule has 0 unspecified atom stereocenters. The summed E-state index contributed by atoms with van der Waals surface area (Å²) < 4.78 is 18.8. The molecule has 108 valence electrons. The number of hydrogen-bond acceptors (Lipinski definition) is 3. The third-order valence-electron chi connectivity index (χ3n) is 2.20. The molecule has 0 saturated heterocycles. The van der Waals surface area contributed by atoms with Crippen LogP contribution in [0.3, 0.4) is 0 Å². The van der Waals surface area contributed by atoms with Crippen LogP contribution in [0.5, 0.6) is 5.75 Å². The van der Waals surface area contributed by atoms with E-state index in [0.29, 0.717) is 0 Å². The molecule has 2 N–H and O–H groups in total. The van der Waals surface area contributed by atoms with Crippen molar-refractivity contribution in [3.05, 3.63) is 35.7 Å². The molecule has 5 nitrogen and oxygen atoms in total. The number of amides is 1. The maximum atomic E-state index is 13.6. The molecule has 20 heavy (non-hydrogen) atoms. The number of carbonyl (C=O) groups excluding carboxylic acids is 1. The Labute approximate surface area is 116 Å². The minimum absolute atomic E-state index is 0.0434. The van der Waals surface area contributed by atoms with Crippen LogP contribution in [-0.4, -0.2) is 29.6 Å². The van der Waals surface area contributed by atoms with Gasteiger partial charge < -0.3 is 15.2 Å². The second-order valence-corrected chi connectivity index (χ2v) is 4.34. The molecule has 1 rings (SSSR count). The topological polar surface area (TPSA) is 75.6 Å². The fourth-order valence-corrected chi connectivity index (χ4v) is 1.47. The smallest absolute Gasteiger partial charge is 0.328 e. The van der Waals surface area contributed by atoms with Crippen LogP contribution >= 0.6 is 0 Å². The number of carboxylic acids is 1. The summed E-state index contributed by atoms with van der Waals surface area (Å²) in [4.78, 5) is 21.9. The number of carboxylic acid groups (broad SMARTS) is 1. The number of aliphatic carboxylic acids is 1. The van der Waals surface area contributed by atoms with Crippen LogP contribution in [0.25, 0.3) is 6.08 Å². The second-order valence-electron chi connectivity index (χ2n) is 4.34. The van der Waals surface area contributed by atoms with Crippen molar-refractivity contribution in [2.45, 2.75) is 19.9 Å². The summed E-state index contributed by atoms with van der Waals surface area (Å²) in [6, 6.07) is 4.06. The molecule has 0 atom stereocenters. The van der Waals surface area contributed by atoms with E-state index in [-0.39, 0.29) is 29.9 Å². The number of halogens is 1. The van der Waals surface area contributed by atoms with Gasteiger partial charge in [0.1, 0.15) is 0 Å². The van der Waals surface area contributed by atoms with Gasteiger partial charge in [0.25, 0.3) is 5.91 Å². The van der Waals surface area contributed by atoms with Crippen molar-refractivity contribution in [2.24, 2.45) is 0 Å². The highest BCUT2D eigenvalue weighted by Crippen LogP contribution is 2.23. The third kappa shape index (κ3) is 5.09. The maximum Gasteiger partial charge on any atom is 0.328 e. The summed E-state index contributed by atoms with van der Waals surface area (Å²) >= 11 is 0. The van der Waals surface area contributed by atoms with Gasteiger partial charge in [-0.1, -0.05) is 12.1 Å². The van der Waals surface area contributed by atoms with Gasteiger partial charge in [0.2, 0.25) is 0 Å². The fraction of sp³-hybridized carbons (Fsp3) is 0.286. The van der Waals surface area contributed by atoms with E-state index in [1.54, 1.807) is 13.8 Å². The minimum atomic E-state index is -1.15. The van der Waals surface area contributed by atoms with Crippen LogP contribution in [0.2, 0.25) is 0 Å². The van der Waals surface area contributed by atoms with E-state index in [4.69, 9.17) is 9.84 Å². The van der Waals surface area contributed by atoms with Gasteiger partial charge in [0.15, 0.2) is 18.2 Å². The standard InChI is InChI=1S/C14H16FNO4/c1-9(2)16-12(17)8-20-14-10(6-7-13(18)19)4-3-5-11(14)15/h3-7,9H,8H2,1-2H3,(H,16,17)(H,18,19)/b7-6+. The number of para-hydroxylation sites is 1. The van der Waals surface area contributed by atoms with Gasteiger partial charge in [-0.15, -0.1) is 0 Å². The molecular formula is C14H16FNO4. The van der Waals surface area contributed by atoms with Gasteiger partial charge in [-0.25, -0.2) is 9.18 Å². The Bertz CT molecular complexity index is 526.